The van der Waals surface area contributed by atoms with Crippen molar-refractivity contribution in [1.29, 1.82) is 0 Å². The van der Waals surface area contributed by atoms with E-state index in [1.54, 1.807) is 30.3 Å². The predicted molar refractivity (Wildman–Crippen MR) is 55.8 cm³/mol. The maximum atomic E-state index is 11.0. The summed E-state index contributed by atoms with van der Waals surface area (Å²) in [5, 5.41) is 8.99. The highest BCUT2D eigenvalue weighted by Gasteiger charge is 2.12. The predicted octanol–water partition coefficient (Wildman–Crippen LogP) is 2.95. The van der Waals surface area contributed by atoms with E-state index in [0.717, 1.165) is 5.76 Å². The molecule has 0 spiro atoms. The highest BCUT2D eigenvalue weighted by Crippen LogP contribution is 2.25. The van der Waals surface area contributed by atoms with Crippen LogP contribution in [0.5, 0.6) is 0 Å². The van der Waals surface area contributed by atoms with Crippen LogP contribution >= 0.6 is 0 Å². The smallest absolute Gasteiger partial charge is 0.336 e. The van der Waals surface area contributed by atoms with Crippen molar-refractivity contribution in [3.05, 3.63) is 47.7 Å². The molecule has 2 rings (SSSR count). The lowest BCUT2D eigenvalue weighted by Crippen LogP contribution is -1.98. The highest BCUT2D eigenvalue weighted by molar-refractivity contribution is 5.95. The lowest BCUT2D eigenvalue weighted by atomic mass is 10.1. The van der Waals surface area contributed by atoms with Crippen LogP contribution in [0.15, 0.2) is 40.8 Å². The van der Waals surface area contributed by atoms with Crippen LogP contribution in [0.1, 0.15) is 16.1 Å². The fourth-order valence-electron chi connectivity index (χ4n) is 1.46. The monoisotopic (exact) mass is 202 g/mol. The Morgan fingerprint density at radius 3 is 2.53 bits per heavy atom. The topological polar surface area (TPSA) is 50.4 Å². The van der Waals surface area contributed by atoms with E-state index in [9.17, 15) is 4.79 Å². The summed E-state index contributed by atoms with van der Waals surface area (Å²) in [5.74, 6) is 0.412. The zero-order valence-corrected chi connectivity index (χ0v) is 8.23. The average Bonchev–Trinajstić information content (AvgIpc) is 2.65. The summed E-state index contributed by atoms with van der Waals surface area (Å²) in [4.78, 5) is 11.0. The molecule has 2 aromatic rings. The number of carbonyl (C=O) groups is 1. The van der Waals surface area contributed by atoms with Crippen molar-refractivity contribution in [2.45, 2.75) is 6.92 Å². The molecule has 0 atom stereocenters. The van der Waals surface area contributed by atoms with Crippen molar-refractivity contribution in [2.24, 2.45) is 0 Å². The van der Waals surface area contributed by atoms with Gasteiger partial charge in [-0.2, -0.15) is 0 Å². The zero-order chi connectivity index (χ0) is 10.8. The summed E-state index contributed by atoms with van der Waals surface area (Å²) in [7, 11) is 0. The Labute approximate surface area is 87.0 Å². The molecule has 1 aromatic heterocycles. The van der Waals surface area contributed by atoms with Gasteiger partial charge in [0.25, 0.3) is 0 Å². The summed E-state index contributed by atoms with van der Waals surface area (Å²) in [6.45, 7) is 1.83. The number of hydrogen-bond acceptors (Lipinski definition) is 2. The van der Waals surface area contributed by atoms with Crippen LogP contribution in [0.2, 0.25) is 0 Å². The Bertz CT molecular complexity index is 497. The molecule has 0 fully saturated rings. The van der Waals surface area contributed by atoms with Gasteiger partial charge in [-0.1, -0.05) is 18.2 Å². The lowest BCUT2D eigenvalue weighted by Gasteiger charge is -2.01. The number of furan rings is 1. The van der Waals surface area contributed by atoms with Crippen LogP contribution in [0.4, 0.5) is 0 Å². The average molecular weight is 202 g/mol. The van der Waals surface area contributed by atoms with Crippen LogP contribution in [-0.2, 0) is 0 Å². The molecule has 0 bridgehead atoms. The van der Waals surface area contributed by atoms with E-state index in [4.69, 9.17) is 9.52 Å². The molecule has 0 unspecified atom stereocenters. The van der Waals surface area contributed by atoms with Gasteiger partial charge in [-0.3, -0.25) is 0 Å². The Kier molecular flexibility index (Phi) is 2.29. The van der Waals surface area contributed by atoms with E-state index in [1.807, 2.05) is 13.0 Å². The summed E-state index contributed by atoms with van der Waals surface area (Å²) >= 11 is 0. The molecule has 15 heavy (non-hydrogen) atoms. The van der Waals surface area contributed by atoms with Gasteiger partial charge in [0.2, 0.25) is 0 Å². The fourth-order valence-corrected chi connectivity index (χ4v) is 1.46. The number of carboxylic acids is 1. The first kappa shape index (κ1) is 9.52. The third kappa shape index (κ3) is 1.76. The second-order valence-electron chi connectivity index (χ2n) is 3.26. The Balaban J connectivity index is 2.57. The van der Waals surface area contributed by atoms with Crippen LogP contribution in [0.3, 0.4) is 0 Å². The summed E-state index contributed by atoms with van der Waals surface area (Å²) in [6, 6.07) is 10.4. The van der Waals surface area contributed by atoms with E-state index >= 15 is 0 Å². The number of benzene rings is 1. The van der Waals surface area contributed by atoms with Crippen LogP contribution in [0, 0.1) is 6.92 Å². The number of carboxylic acid groups (broad SMARTS) is 1. The second kappa shape index (κ2) is 3.61. The van der Waals surface area contributed by atoms with Gasteiger partial charge in [-0.25, -0.2) is 4.79 Å². The lowest BCUT2D eigenvalue weighted by molar-refractivity contribution is 0.0697. The molecule has 1 N–H and O–H groups in total. The molecule has 0 aliphatic carbocycles. The third-order valence-corrected chi connectivity index (χ3v) is 2.16. The Hall–Kier alpha value is -2.03. The van der Waals surface area contributed by atoms with Crippen molar-refractivity contribution < 1.29 is 14.3 Å². The minimum atomic E-state index is -0.945. The van der Waals surface area contributed by atoms with Gasteiger partial charge in [0.05, 0.1) is 5.56 Å². The Morgan fingerprint density at radius 2 is 1.93 bits per heavy atom. The van der Waals surface area contributed by atoms with E-state index in [0.29, 0.717) is 11.3 Å². The number of aromatic carboxylic acids is 1. The van der Waals surface area contributed by atoms with Crippen molar-refractivity contribution >= 4 is 5.97 Å². The van der Waals surface area contributed by atoms with E-state index in [-0.39, 0.29) is 5.56 Å². The molecule has 3 heteroatoms. The molecule has 1 heterocycles. The summed E-state index contributed by atoms with van der Waals surface area (Å²) < 4.78 is 5.40. The van der Waals surface area contributed by atoms with E-state index < -0.39 is 5.97 Å². The van der Waals surface area contributed by atoms with Crippen LogP contribution < -0.4 is 0 Å². The molecule has 0 saturated carbocycles. The SMILES string of the molecule is Cc1ccc(-c2ccccc2C(=O)O)o1. The van der Waals surface area contributed by atoms with Gasteiger partial charge >= 0.3 is 5.97 Å². The standard InChI is InChI=1S/C12H10O3/c1-8-6-7-11(15-8)9-4-2-3-5-10(9)12(13)14/h2-7H,1H3,(H,13,14). The van der Waals surface area contributed by atoms with Crippen LogP contribution in [0.25, 0.3) is 11.3 Å². The van der Waals surface area contributed by atoms with Gasteiger partial charge in [0, 0.05) is 5.56 Å². The molecule has 76 valence electrons. The maximum Gasteiger partial charge on any atom is 0.336 e. The molecule has 0 aliphatic rings. The number of hydrogen-bond donors (Lipinski definition) is 1. The van der Waals surface area contributed by atoms with Crippen molar-refractivity contribution in [3.63, 3.8) is 0 Å². The molecule has 0 aliphatic heterocycles. The zero-order valence-electron chi connectivity index (χ0n) is 8.23. The van der Waals surface area contributed by atoms with E-state index in [1.165, 1.54) is 0 Å². The number of aryl methyl sites for hydroxylation is 1. The molecular weight excluding hydrogens is 192 g/mol. The summed E-state index contributed by atoms with van der Waals surface area (Å²) in [6.07, 6.45) is 0. The van der Waals surface area contributed by atoms with Crippen molar-refractivity contribution in [3.8, 4) is 11.3 Å². The molecular formula is C12H10O3. The molecule has 0 amide bonds. The molecule has 3 nitrogen and oxygen atoms in total. The highest BCUT2D eigenvalue weighted by atomic mass is 16.4. The van der Waals surface area contributed by atoms with Gasteiger partial charge in [0.1, 0.15) is 11.5 Å². The largest absolute Gasteiger partial charge is 0.478 e. The first-order valence-corrected chi connectivity index (χ1v) is 4.57. The van der Waals surface area contributed by atoms with Gasteiger partial charge in [-0.15, -0.1) is 0 Å². The van der Waals surface area contributed by atoms with Gasteiger partial charge in [0.15, 0.2) is 0 Å². The molecule has 1 aromatic carbocycles. The second-order valence-corrected chi connectivity index (χ2v) is 3.26. The number of rotatable bonds is 2. The first-order valence-electron chi connectivity index (χ1n) is 4.57. The van der Waals surface area contributed by atoms with Crippen molar-refractivity contribution in [2.75, 3.05) is 0 Å². The fraction of sp³-hybridized carbons (Fsp3) is 0.0833. The first-order chi connectivity index (χ1) is 7.18. The van der Waals surface area contributed by atoms with E-state index in [2.05, 4.69) is 0 Å². The van der Waals surface area contributed by atoms with Crippen LogP contribution in [-0.4, -0.2) is 11.1 Å². The summed E-state index contributed by atoms with van der Waals surface area (Å²) in [5.41, 5.74) is 0.866. The maximum absolute atomic E-state index is 11.0. The minimum absolute atomic E-state index is 0.256. The third-order valence-electron chi connectivity index (χ3n) is 2.16. The minimum Gasteiger partial charge on any atom is -0.478 e. The van der Waals surface area contributed by atoms with Crippen molar-refractivity contribution in [1.82, 2.24) is 0 Å². The van der Waals surface area contributed by atoms with Gasteiger partial charge < -0.3 is 9.52 Å². The Morgan fingerprint density at radius 1 is 1.20 bits per heavy atom. The normalized spacial score (nSPS) is 10.2. The quantitative estimate of drug-likeness (QED) is 0.814. The van der Waals surface area contributed by atoms with Gasteiger partial charge in [-0.05, 0) is 25.1 Å². The molecule has 0 radical (unpaired) electrons. The molecule has 0 saturated heterocycles.